The lowest BCUT2D eigenvalue weighted by molar-refractivity contribution is -0.138. The molecule has 6 heteroatoms. The number of carbonyl (C=O) groups is 2. The van der Waals surface area contributed by atoms with Crippen LogP contribution in [0.15, 0.2) is 0 Å². The summed E-state index contributed by atoms with van der Waals surface area (Å²) in [6, 6.07) is 0. The number of unbranched alkanes of at least 4 members (excludes halogenated alkanes) is 6. The van der Waals surface area contributed by atoms with Crippen molar-refractivity contribution in [3.63, 3.8) is 0 Å². The Morgan fingerprint density at radius 3 is 1.15 bits per heavy atom. The summed E-state index contributed by atoms with van der Waals surface area (Å²) in [6.45, 7) is 0.500. The van der Waals surface area contributed by atoms with E-state index in [1.807, 2.05) is 0 Å². The molecule has 0 aromatic carbocycles. The molecule has 0 bridgehead atoms. The quantitative estimate of drug-likeness (QED) is 0.409. The van der Waals surface area contributed by atoms with Crippen LogP contribution in [0.4, 0.5) is 0 Å². The fourth-order valence-electron chi connectivity index (χ4n) is 1.48. The van der Waals surface area contributed by atoms with E-state index in [2.05, 4.69) is 0 Å². The van der Waals surface area contributed by atoms with Gasteiger partial charge in [-0.1, -0.05) is 19.3 Å². The van der Waals surface area contributed by atoms with Crippen LogP contribution in [-0.2, 0) is 9.59 Å². The van der Waals surface area contributed by atoms with Crippen molar-refractivity contribution in [2.75, 3.05) is 13.2 Å². The maximum atomic E-state index is 10.1. The predicted octanol–water partition coefficient (Wildman–Crippen LogP) is 2.03. The van der Waals surface area contributed by atoms with Gasteiger partial charge in [0.25, 0.3) is 0 Å². The molecule has 6 nitrogen and oxygen atoms in total. The van der Waals surface area contributed by atoms with E-state index in [9.17, 15) is 9.59 Å². The van der Waals surface area contributed by atoms with Crippen LogP contribution in [0.5, 0.6) is 0 Å². The van der Waals surface area contributed by atoms with Crippen LogP contribution in [0.3, 0.4) is 0 Å². The fraction of sp³-hybridized carbons (Fsp3) is 0.857. The Morgan fingerprint density at radius 1 is 0.550 bits per heavy atom. The lowest BCUT2D eigenvalue weighted by atomic mass is 10.1. The van der Waals surface area contributed by atoms with Gasteiger partial charge in [-0.25, -0.2) is 0 Å². The van der Waals surface area contributed by atoms with Crippen molar-refractivity contribution in [3.8, 4) is 0 Å². The first-order valence-electron chi connectivity index (χ1n) is 7.20. The van der Waals surface area contributed by atoms with Gasteiger partial charge in [0.1, 0.15) is 0 Å². The molecule has 0 rings (SSSR count). The number of aliphatic carboxylic acids is 2. The van der Waals surface area contributed by atoms with Gasteiger partial charge < -0.3 is 20.4 Å². The number of hydrogen-bond donors (Lipinski definition) is 4. The zero-order valence-corrected chi connectivity index (χ0v) is 12.1. The summed E-state index contributed by atoms with van der Waals surface area (Å²) in [5.74, 6) is -1.52. The normalized spacial score (nSPS) is 9.70. The third kappa shape index (κ3) is 25.6. The number of carboxylic acids is 2. The van der Waals surface area contributed by atoms with Crippen molar-refractivity contribution >= 4 is 11.9 Å². The zero-order valence-electron chi connectivity index (χ0n) is 12.1. The molecule has 0 aromatic heterocycles. The van der Waals surface area contributed by atoms with Crippen LogP contribution in [0.25, 0.3) is 0 Å². The van der Waals surface area contributed by atoms with Gasteiger partial charge in [0, 0.05) is 26.1 Å². The lowest BCUT2D eigenvalue weighted by Crippen LogP contribution is -1.95. The van der Waals surface area contributed by atoms with Crippen LogP contribution in [0, 0.1) is 0 Å². The van der Waals surface area contributed by atoms with Gasteiger partial charge in [-0.15, -0.1) is 0 Å². The van der Waals surface area contributed by atoms with Crippen LogP contribution in [0.2, 0.25) is 0 Å². The highest BCUT2D eigenvalue weighted by molar-refractivity contribution is 5.66. The molecule has 4 N–H and O–H groups in total. The Morgan fingerprint density at radius 2 is 0.850 bits per heavy atom. The third-order valence-electron chi connectivity index (χ3n) is 2.60. The molecule has 120 valence electrons. The molecule has 0 aliphatic heterocycles. The highest BCUT2D eigenvalue weighted by Gasteiger charge is 1.98. The SMILES string of the molecule is O=C(O)CCCCCCCC(=O)O.OCCCCCO. The van der Waals surface area contributed by atoms with Crippen LogP contribution in [0.1, 0.15) is 64.2 Å². The fourth-order valence-corrected chi connectivity index (χ4v) is 1.48. The average molecular weight is 292 g/mol. The molecule has 0 unspecified atom stereocenters. The molecular weight excluding hydrogens is 264 g/mol. The smallest absolute Gasteiger partial charge is 0.303 e. The second kappa shape index (κ2) is 17.9. The molecule has 0 saturated carbocycles. The number of carboxylic acid groups (broad SMARTS) is 2. The first-order valence-corrected chi connectivity index (χ1v) is 7.20. The largest absolute Gasteiger partial charge is 0.481 e. The highest BCUT2D eigenvalue weighted by Crippen LogP contribution is 2.06. The van der Waals surface area contributed by atoms with Gasteiger partial charge in [0.15, 0.2) is 0 Å². The van der Waals surface area contributed by atoms with Crippen LogP contribution < -0.4 is 0 Å². The molecule has 0 amide bonds. The molecule has 20 heavy (non-hydrogen) atoms. The van der Waals surface area contributed by atoms with E-state index in [0.29, 0.717) is 12.8 Å². The van der Waals surface area contributed by atoms with E-state index in [4.69, 9.17) is 20.4 Å². The molecule has 0 aromatic rings. The van der Waals surface area contributed by atoms with Gasteiger partial charge >= 0.3 is 11.9 Å². The Hall–Kier alpha value is -1.14. The molecule has 0 aliphatic rings. The van der Waals surface area contributed by atoms with Gasteiger partial charge in [0.2, 0.25) is 0 Å². The van der Waals surface area contributed by atoms with E-state index in [-0.39, 0.29) is 26.1 Å². The summed E-state index contributed by atoms with van der Waals surface area (Å²) in [6.07, 6.45) is 7.11. The standard InChI is InChI=1S/C9H16O4.C5H12O2/c10-8(11)6-4-2-1-3-5-7-9(12)13;6-4-2-1-3-5-7/h1-7H2,(H,10,11)(H,12,13);6-7H,1-5H2. The summed E-state index contributed by atoms with van der Waals surface area (Å²) in [5, 5.41) is 33.0. The minimum Gasteiger partial charge on any atom is -0.481 e. The Balaban J connectivity index is 0. The lowest BCUT2D eigenvalue weighted by Gasteiger charge is -1.97. The monoisotopic (exact) mass is 292 g/mol. The highest BCUT2D eigenvalue weighted by atomic mass is 16.4. The minimum atomic E-state index is -0.759. The molecule has 0 fully saturated rings. The first-order chi connectivity index (χ1) is 9.54. The zero-order chi connectivity index (χ0) is 15.6. The average Bonchev–Trinajstić information content (AvgIpc) is 2.38. The van der Waals surface area contributed by atoms with Crippen molar-refractivity contribution in [2.24, 2.45) is 0 Å². The molecule has 0 spiro atoms. The van der Waals surface area contributed by atoms with E-state index in [1.165, 1.54) is 0 Å². The first kappa shape index (κ1) is 21.2. The van der Waals surface area contributed by atoms with Crippen molar-refractivity contribution < 1.29 is 30.0 Å². The minimum absolute atomic E-state index is 0.221. The van der Waals surface area contributed by atoms with Crippen LogP contribution >= 0.6 is 0 Å². The third-order valence-corrected chi connectivity index (χ3v) is 2.60. The molecule has 0 radical (unpaired) electrons. The Bertz CT molecular complexity index is 208. The van der Waals surface area contributed by atoms with Gasteiger partial charge in [-0.2, -0.15) is 0 Å². The van der Waals surface area contributed by atoms with E-state index in [0.717, 1.165) is 38.5 Å². The second-order valence-electron chi connectivity index (χ2n) is 4.56. The summed E-state index contributed by atoms with van der Waals surface area (Å²) >= 11 is 0. The van der Waals surface area contributed by atoms with Gasteiger partial charge in [-0.05, 0) is 32.1 Å². The molecule has 0 aliphatic carbocycles. The maximum absolute atomic E-state index is 10.1. The maximum Gasteiger partial charge on any atom is 0.303 e. The van der Waals surface area contributed by atoms with Crippen molar-refractivity contribution in [3.05, 3.63) is 0 Å². The molecule has 0 atom stereocenters. The van der Waals surface area contributed by atoms with Crippen molar-refractivity contribution in [1.82, 2.24) is 0 Å². The van der Waals surface area contributed by atoms with E-state index in [1.54, 1.807) is 0 Å². The number of aliphatic hydroxyl groups excluding tert-OH is 2. The van der Waals surface area contributed by atoms with E-state index < -0.39 is 11.9 Å². The summed E-state index contributed by atoms with van der Waals surface area (Å²) in [7, 11) is 0. The van der Waals surface area contributed by atoms with Crippen LogP contribution in [-0.4, -0.2) is 45.6 Å². The molecule has 0 saturated heterocycles. The summed E-state index contributed by atoms with van der Waals surface area (Å²) in [5.41, 5.74) is 0. The van der Waals surface area contributed by atoms with Gasteiger partial charge in [-0.3, -0.25) is 9.59 Å². The van der Waals surface area contributed by atoms with E-state index >= 15 is 0 Å². The number of rotatable bonds is 12. The predicted molar refractivity (Wildman–Crippen MR) is 75.6 cm³/mol. The van der Waals surface area contributed by atoms with Crippen molar-refractivity contribution in [2.45, 2.75) is 64.2 Å². The number of hydrogen-bond acceptors (Lipinski definition) is 4. The topological polar surface area (TPSA) is 115 Å². The Kier molecular flexibility index (Phi) is 18.9. The molecular formula is C14H28O6. The molecule has 0 heterocycles. The Labute approximate surface area is 120 Å². The van der Waals surface area contributed by atoms with Crippen molar-refractivity contribution in [1.29, 1.82) is 0 Å². The summed E-state index contributed by atoms with van der Waals surface area (Å²) in [4.78, 5) is 20.2. The second-order valence-corrected chi connectivity index (χ2v) is 4.56. The van der Waals surface area contributed by atoms with Gasteiger partial charge in [0.05, 0.1) is 0 Å². The number of aliphatic hydroxyl groups is 2. The summed E-state index contributed by atoms with van der Waals surface area (Å²) < 4.78 is 0.